The molecule has 0 aromatic heterocycles. The monoisotopic (exact) mass is 301 g/mol. The molecule has 0 saturated heterocycles. The minimum Gasteiger partial charge on any atom is -0.481 e. The number of rotatable bonds is 7. The minimum absolute atomic E-state index is 0.0999. The molecule has 1 aromatic carbocycles. The number of hydrogen-bond donors (Lipinski definition) is 1. The molecular weight excluding hydrogens is 287 g/mol. The highest BCUT2D eigenvalue weighted by Gasteiger charge is 2.27. The van der Waals surface area contributed by atoms with Crippen LogP contribution in [-0.4, -0.2) is 31.9 Å². The Morgan fingerprint density at radius 1 is 1.38 bits per heavy atom. The van der Waals surface area contributed by atoms with E-state index in [0.717, 1.165) is 0 Å². The highest BCUT2D eigenvalue weighted by atomic mass is 19.4. The number of amides is 1. The summed E-state index contributed by atoms with van der Waals surface area (Å²) in [5.74, 6) is 2.34. The molecule has 0 radical (unpaired) electrons. The molecule has 0 unspecified atom stereocenters. The first-order valence-electron chi connectivity index (χ1n) is 6.01. The van der Waals surface area contributed by atoms with Gasteiger partial charge >= 0.3 is 6.18 Å². The second kappa shape index (κ2) is 8.17. The van der Waals surface area contributed by atoms with Gasteiger partial charge in [0.05, 0.1) is 13.0 Å². The average molecular weight is 301 g/mol. The number of nitrogens with one attached hydrogen (secondary N) is 1. The average Bonchev–Trinajstić information content (AvgIpc) is 2.41. The van der Waals surface area contributed by atoms with Crippen molar-refractivity contribution in [3.05, 3.63) is 24.3 Å². The molecule has 0 heterocycles. The van der Waals surface area contributed by atoms with Crippen LogP contribution in [0.4, 0.5) is 18.9 Å². The molecule has 21 heavy (non-hydrogen) atoms. The molecule has 0 aliphatic carbocycles. The number of halogens is 3. The van der Waals surface area contributed by atoms with Crippen LogP contribution in [0, 0.1) is 12.3 Å². The summed E-state index contributed by atoms with van der Waals surface area (Å²) < 4.78 is 45.0. The first-order valence-corrected chi connectivity index (χ1v) is 6.01. The molecule has 1 amide bonds. The third-order valence-corrected chi connectivity index (χ3v) is 2.18. The second-order valence-corrected chi connectivity index (χ2v) is 3.99. The van der Waals surface area contributed by atoms with Crippen LogP contribution in [0.1, 0.15) is 6.42 Å². The lowest BCUT2D eigenvalue weighted by atomic mass is 10.3. The number of alkyl halides is 3. The van der Waals surface area contributed by atoms with E-state index in [9.17, 15) is 18.0 Å². The molecule has 0 spiro atoms. The number of carbonyl (C=O) groups is 1. The van der Waals surface area contributed by atoms with Gasteiger partial charge in [-0.1, -0.05) is 12.0 Å². The molecule has 0 aliphatic rings. The number of carbonyl (C=O) groups excluding carboxylic acids is 1. The highest BCUT2D eigenvalue weighted by molar-refractivity contribution is 5.90. The van der Waals surface area contributed by atoms with Crippen LogP contribution in [0.5, 0.6) is 5.75 Å². The molecular formula is C14H14F3NO3. The summed E-state index contributed by atoms with van der Waals surface area (Å²) in [5, 5.41) is 2.52. The molecule has 0 fully saturated rings. The first-order chi connectivity index (χ1) is 9.90. The third kappa shape index (κ3) is 7.84. The zero-order chi connectivity index (χ0) is 15.7. The van der Waals surface area contributed by atoms with Crippen molar-refractivity contribution in [2.45, 2.75) is 12.6 Å². The molecule has 4 nitrogen and oxygen atoms in total. The quantitative estimate of drug-likeness (QED) is 0.622. The highest BCUT2D eigenvalue weighted by Crippen LogP contribution is 2.17. The summed E-state index contributed by atoms with van der Waals surface area (Å²) >= 11 is 0. The van der Waals surface area contributed by atoms with E-state index in [4.69, 9.17) is 11.2 Å². The van der Waals surface area contributed by atoms with E-state index < -0.39 is 18.7 Å². The van der Waals surface area contributed by atoms with Crippen molar-refractivity contribution in [1.82, 2.24) is 0 Å². The van der Waals surface area contributed by atoms with Crippen molar-refractivity contribution in [3.8, 4) is 18.1 Å². The van der Waals surface area contributed by atoms with Gasteiger partial charge in [0.15, 0.2) is 0 Å². The fourth-order valence-corrected chi connectivity index (χ4v) is 1.36. The van der Waals surface area contributed by atoms with E-state index in [1.165, 1.54) is 0 Å². The van der Waals surface area contributed by atoms with Crippen molar-refractivity contribution in [3.63, 3.8) is 0 Å². The molecule has 1 N–H and O–H groups in total. The smallest absolute Gasteiger partial charge is 0.411 e. The summed E-state index contributed by atoms with van der Waals surface area (Å²) in [6, 6.07) is 6.50. The summed E-state index contributed by atoms with van der Waals surface area (Å²) in [7, 11) is 0. The molecule has 0 atom stereocenters. The lowest BCUT2D eigenvalue weighted by molar-refractivity contribution is -0.174. The van der Waals surface area contributed by atoms with Gasteiger partial charge < -0.3 is 14.8 Å². The van der Waals surface area contributed by atoms with E-state index in [2.05, 4.69) is 16.0 Å². The van der Waals surface area contributed by atoms with Crippen LogP contribution < -0.4 is 10.1 Å². The number of benzene rings is 1. The standard InChI is InChI=1S/C14H14F3NO3/c1-2-7-21-12-5-3-4-11(9-12)18-13(19)6-8-20-10-14(15,16)17/h1,3-5,9H,6-8,10H2,(H,18,19). The normalized spacial score (nSPS) is 10.8. The Morgan fingerprint density at radius 3 is 2.81 bits per heavy atom. The van der Waals surface area contributed by atoms with Crippen molar-refractivity contribution < 1.29 is 27.4 Å². The van der Waals surface area contributed by atoms with E-state index in [-0.39, 0.29) is 19.6 Å². The maximum atomic E-state index is 11.8. The second-order valence-electron chi connectivity index (χ2n) is 3.99. The fraction of sp³-hybridized carbons (Fsp3) is 0.357. The molecule has 7 heteroatoms. The molecule has 0 bridgehead atoms. The lowest BCUT2D eigenvalue weighted by Gasteiger charge is -2.09. The number of terminal acetylenes is 1. The molecule has 1 aromatic rings. The molecule has 114 valence electrons. The van der Waals surface area contributed by atoms with E-state index >= 15 is 0 Å². The van der Waals surface area contributed by atoms with Gasteiger partial charge in [0.25, 0.3) is 0 Å². The lowest BCUT2D eigenvalue weighted by Crippen LogP contribution is -2.20. The SMILES string of the molecule is C#CCOc1cccc(NC(=O)CCOCC(F)(F)F)c1. The van der Waals surface area contributed by atoms with Gasteiger partial charge in [-0.3, -0.25) is 4.79 Å². The van der Waals surface area contributed by atoms with Crippen LogP contribution in [-0.2, 0) is 9.53 Å². The Hall–Kier alpha value is -2.20. The largest absolute Gasteiger partial charge is 0.481 e. The van der Waals surface area contributed by atoms with Gasteiger partial charge in [-0.05, 0) is 12.1 Å². The molecule has 0 saturated carbocycles. The Balaban J connectivity index is 2.36. The number of anilines is 1. The first kappa shape index (κ1) is 16.9. The minimum atomic E-state index is -4.39. The fourth-order valence-electron chi connectivity index (χ4n) is 1.36. The number of hydrogen-bond acceptors (Lipinski definition) is 3. The van der Waals surface area contributed by atoms with Crippen molar-refractivity contribution in [2.75, 3.05) is 25.1 Å². The number of ether oxygens (including phenoxy) is 2. The van der Waals surface area contributed by atoms with Crippen molar-refractivity contribution in [1.29, 1.82) is 0 Å². The third-order valence-electron chi connectivity index (χ3n) is 2.18. The van der Waals surface area contributed by atoms with Gasteiger partial charge in [0, 0.05) is 11.8 Å². The summed E-state index contributed by atoms with van der Waals surface area (Å²) in [4.78, 5) is 11.5. The van der Waals surface area contributed by atoms with Gasteiger partial charge in [-0.2, -0.15) is 13.2 Å². The summed E-state index contributed by atoms with van der Waals surface area (Å²) in [5.41, 5.74) is 0.463. The van der Waals surface area contributed by atoms with Crippen molar-refractivity contribution >= 4 is 11.6 Å². The van der Waals surface area contributed by atoms with E-state index in [1.54, 1.807) is 24.3 Å². The van der Waals surface area contributed by atoms with Crippen molar-refractivity contribution in [2.24, 2.45) is 0 Å². The summed E-state index contributed by atoms with van der Waals surface area (Å²) in [6.07, 6.45) is 0.490. The Bertz CT molecular complexity index is 509. The van der Waals surface area contributed by atoms with Crippen LogP contribution in [0.2, 0.25) is 0 Å². The summed E-state index contributed by atoms with van der Waals surface area (Å²) in [6.45, 7) is -1.57. The predicted molar refractivity (Wildman–Crippen MR) is 70.9 cm³/mol. The van der Waals surface area contributed by atoms with Gasteiger partial charge in [-0.25, -0.2) is 0 Å². The topological polar surface area (TPSA) is 47.6 Å². The predicted octanol–water partition coefficient (Wildman–Crippen LogP) is 2.61. The van der Waals surface area contributed by atoms with Gasteiger partial charge in [0.2, 0.25) is 5.91 Å². The van der Waals surface area contributed by atoms with Crippen LogP contribution in [0.15, 0.2) is 24.3 Å². The Morgan fingerprint density at radius 2 is 2.14 bits per heavy atom. The Labute approximate surface area is 120 Å². The van der Waals surface area contributed by atoms with Crippen LogP contribution in [0.25, 0.3) is 0 Å². The van der Waals surface area contributed by atoms with Crippen LogP contribution >= 0.6 is 0 Å². The van der Waals surface area contributed by atoms with E-state index in [0.29, 0.717) is 11.4 Å². The Kier molecular flexibility index (Phi) is 6.56. The zero-order valence-corrected chi connectivity index (χ0v) is 11.1. The molecule has 1 rings (SSSR count). The van der Waals surface area contributed by atoms with Gasteiger partial charge in [0.1, 0.15) is 19.0 Å². The van der Waals surface area contributed by atoms with E-state index in [1.807, 2.05) is 0 Å². The van der Waals surface area contributed by atoms with Gasteiger partial charge in [-0.15, -0.1) is 6.42 Å². The maximum Gasteiger partial charge on any atom is 0.411 e. The van der Waals surface area contributed by atoms with Crippen LogP contribution in [0.3, 0.4) is 0 Å². The molecule has 0 aliphatic heterocycles. The zero-order valence-electron chi connectivity index (χ0n) is 11.1. The maximum absolute atomic E-state index is 11.8.